The Bertz CT molecular complexity index is 486. The third-order valence-corrected chi connectivity index (χ3v) is 4.38. The first kappa shape index (κ1) is 11.1. The van der Waals surface area contributed by atoms with Crippen LogP contribution < -0.4 is 0 Å². The van der Waals surface area contributed by atoms with Crippen LogP contribution >= 0.6 is 11.3 Å². The molecule has 0 amide bonds. The molecule has 0 aromatic carbocycles. The van der Waals surface area contributed by atoms with Gasteiger partial charge in [0.25, 0.3) is 0 Å². The van der Waals surface area contributed by atoms with Crippen LogP contribution in [0, 0.1) is 0 Å². The Morgan fingerprint density at radius 2 is 2.35 bits per heavy atom. The molecule has 2 aromatic rings. The minimum Gasteiger partial charge on any atom is -0.469 e. The molecule has 1 aliphatic carbocycles. The van der Waals surface area contributed by atoms with Gasteiger partial charge in [-0.3, -0.25) is 0 Å². The SMILES string of the molecule is OC1(CCc2ccsc2)CCCc2occc21. The fourth-order valence-corrected chi connectivity index (χ4v) is 3.37. The van der Waals surface area contributed by atoms with Crippen molar-refractivity contribution in [3.63, 3.8) is 0 Å². The summed E-state index contributed by atoms with van der Waals surface area (Å²) >= 11 is 1.71. The van der Waals surface area contributed by atoms with Gasteiger partial charge in [-0.05, 0) is 54.1 Å². The minimum absolute atomic E-state index is 0.678. The lowest BCUT2D eigenvalue weighted by Gasteiger charge is -2.31. The summed E-state index contributed by atoms with van der Waals surface area (Å²) in [7, 11) is 0. The molecular weight excluding hydrogens is 232 g/mol. The average molecular weight is 248 g/mol. The molecule has 1 aliphatic rings. The Labute approximate surface area is 105 Å². The van der Waals surface area contributed by atoms with Crippen molar-refractivity contribution in [2.24, 2.45) is 0 Å². The molecule has 17 heavy (non-hydrogen) atoms. The van der Waals surface area contributed by atoms with Gasteiger partial charge in [-0.25, -0.2) is 0 Å². The number of hydrogen-bond donors (Lipinski definition) is 1. The lowest BCUT2D eigenvalue weighted by Crippen LogP contribution is -2.30. The molecule has 0 aliphatic heterocycles. The Morgan fingerprint density at radius 3 is 3.18 bits per heavy atom. The van der Waals surface area contributed by atoms with Crippen LogP contribution in [-0.4, -0.2) is 5.11 Å². The number of rotatable bonds is 3. The van der Waals surface area contributed by atoms with Gasteiger partial charge in [-0.1, -0.05) is 0 Å². The molecule has 1 N–H and O–H groups in total. The Morgan fingerprint density at radius 1 is 1.41 bits per heavy atom. The van der Waals surface area contributed by atoms with Crippen molar-refractivity contribution in [2.45, 2.75) is 37.7 Å². The van der Waals surface area contributed by atoms with Crippen molar-refractivity contribution < 1.29 is 9.52 Å². The number of aliphatic hydroxyl groups is 1. The third kappa shape index (κ3) is 2.05. The number of aryl methyl sites for hydroxylation is 2. The van der Waals surface area contributed by atoms with Gasteiger partial charge in [0.2, 0.25) is 0 Å². The topological polar surface area (TPSA) is 33.4 Å². The van der Waals surface area contributed by atoms with Crippen LogP contribution in [0.2, 0.25) is 0 Å². The van der Waals surface area contributed by atoms with Crippen LogP contribution in [0.4, 0.5) is 0 Å². The second-order valence-electron chi connectivity index (χ2n) is 4.77. The van der Waals surface area contributed by atoms with E-state index in [4.69, 9.17) is 4.42 Å². The molecule has 3 rings (SSSR count). The number of fused-ring (bicyclic) bond motifs is 1. The van der Waals surface area contributed by atoms with Gasteiger partial charge in [0.05, 0.1) is 11.9 Å². The van der Waals surface area contributed by atoms with Crippen LogP contribution in [0.15, 0.2) is 33.6 Å². The first-order chi connectivity index (χ1) is 8.28. The summed E-state index contributed by atoms with van der Waals surface area (Å²) < 4.78 is 5.43. The summed E-state index contributed by atoms with van der Waals surface area (Å²) in [5.41, 5.74) is 1.65. The van der Waals surface area contributed by atoms with Gasteiger partial charge >= 0.3 is 0 Å². The van der Waals surface area contributed by atoms with E-state index in [0.717, 1.165) is 43.4 Å². The Hall–Kier alpha value is -1.06. The minimum atomic E-state index is -0.678. The maximum absolute atomic E-state index is 10.8. The normalized spacial score (nSPS) is 23.6. The summed E-state index contributed by atoms with van der Waals surface area (Å²) in [6.45, 7) is 0. The van der Waals surface area contributed by atoms with Gasteiger partial charge < -0.3 is 9.52 Å². The Kier molecular flexibility index (Phi) is 2.81. The standard InChI is InChI=1S/C14H16O2S/c15-14(7-3-11-5-9-17-10-11)6-1-2-13-12(14)4-8-16-13/h4-5,8-10,15H,1-3,6-7H2. The highest BCUT2D eigenvalue weighted by Gasteiger charge is 2.35. The van der Waals surface area contributed by atoms with Gasteiger partial charge in [-0.15, -0.1) is 0 Å². The van der Waals surface area contributed by atoms with E-state index in [9.17, 15) is 5.11 Å². The Balaban J connectivity index is 1.78. The zero-order valence-corrected chi connectivity index (χ0v) is 10.5. The lowest BCUT2D eigenvalue weighted by molar-refractivity contribution is 0.00827. The van der Waals surface area contributed by atoms with E-state index < -0.39 is 5.60 Å². The van der Waals surface area contributed by atoms with Crippen molar-refractivity contribution in [3.8, 4) is 0 Å². The average Bonchev–Trinajstić information content (AvgIpc) is 2.98. The predicted octanol–water partition coefficient (Wildman–Crippen LogP) is 3.50. The molecule has 2 aromatic heterocycles. The van der Waals surface area contributed by atoms with Crippen LogP contribution in [0.3, 0.4) is 0 Å². The van der Waals surface area contributed by atoms with E-state index in [1.165, 1.54) is 5.56 Å². The van der Waals surface area contributed by atoms with Crippen LogP contribution in [-0.2, 0) is 18.4 Å². The maximum atomic E-state index is 10.8. The van der Waals surface area contributed by atoms with Gasteiger partial charge in [-0.2, -0.15) is 11.3 Å². The van der Waals surface area contributed by atoms with E-state index >= 15 is 0 Å². The fourth-order valence-electron chi connectivity index (χ4n) is 2.67. The molecule has 0 fully saturated rings. The molecule has 0 saturated carbocycles. The second kappa shape index (κ2) is 4.31. The summed E-state index contributed by atoms with van der Waals surface area (Å²) in [5, 5.41) is 15.0. The summed E-state index contributed by atoms with van der Waals surface area (Å²) in [5.74, 6) is 0.976. The second-order valence-corrected chi connectivity index (χ2v) is 5.55. The van der Waals surface area contributed by atoms with Crippen molar-refractivity contribution in [1.29, 1.82) is 0 Å². The van der Waals surface area contributed by atoms with E-state index in [1.54, 1.807) is 17.6 Å². The zero-order valence-electron chi connectivity index (χ0n) is 9.69. The van der Waals surface area contributed by atoms with E-state index in [0.29, 0.717) is 0 Å². The fraction of sp³-hybridized carbons (Fsp3) is 0.429. The summed E-state index contributed by atoms with van der Waals surface area (Å²) in [6, 6.07) is 4.06. The molecular formula is C14H16O2S. The number of furan rings is 1. The molecule has 3 heteroatoms. The lowest BCUT2D eigenvalue weighted by atomic mass is 9.79. The van der Waals surface area contributed by atoms with E-state index in [1.807, 2.05) is 6.07 Å². The van der Waals surface area contributed by atoms with E-state index in [2.05, 4.69) is 16.8 Å². The summed E-state index contributed by atoms with van der Waals surface area (Å²) in [4.78, 5) is 0. The molecule has 90 valence electrons. The molecule has 1 unspecified atom stereocenters. The summed E-state index contributed by atoms with van der Waals surface area (Å²) in [6.07, 6.45) is 6.25. The molecule has 0 radical (unpaired) electrons. The van der Waals surface area contributed by atoms with Crippen LogP contribution in [0.1, 0.15) is 36.1 Å². The number of thiophene rings is 1. The molecule has 0 spiro atoms. The smallest absolute Gasteiger partial charge is 0.109 e. The van der Waals surface area contributed by atoms with E-state index in [-0.39, 0.29) is 0 Å². The van der Waals surface area contributed by atoms with Crippen LogP contribution in [0.5, 0.6) is 0 Å². The molecule has 1 atom stereocenters. The first-order valence-corrected chi connectivity index (χ1v) is 7.02. The molecule has 0 bridgehead atoms. The third-order valence-electron chi connectivity index (χ3n) is 3.65. The van der Waals surface area contributed by atoms with Gasteiger partial charge in [0.1, 0.15) is 5.76 Å². The van der Waals surface area contributed by atoms with Gasteiger partial charge in [0.15, 0.2) is 0 Å². The quantitative estimate of drug-likeness (QED) is 0.902. The largest absolute Gasteiger partial charge is 0.469 e. The highest BCUT2D eigenvalue weighted by atomic mass is 32.1. The number of hydrogen-bond acceptors (Lipinski definition) is 3. The predicted molar refractivity (Wildman–Crippen MR) is 68.2 cm³/mol. The highest BCUT2D eigenvalue weighted by Crippen LogP contribution is 2.39. The van der Waals surface area contributed by atoms with Gasteiger partial charge in [0, 0.05) is 12.0 Å². The molecule has 2 heterocycles. The first-order valence-electron chi connectivity index (χ1n) is 6.08. The van der Waals surface area contributed by atoms with Crippen molar-refractivity contribution in [3.05, 3.63) is 46.0 Å². The zero-order chi connectivity index (χ0) is 11.7. The molecule has 2 nitrogen and oxygen atoms in total. The van der Waals surface area contributed by atoms with Crippen molar-refractivity contribution in [2.75, 3.05) is 0 Å². The highest BCUT2D eigenvalue weighted by molar-refractivity contribution is 7.07. The van der Waals surface area contributed by atoms with Crippen molar-refractivity contribution >= 4 is 11.3 Å². The molecule has 0 saturated heterocycles. The van der Waals surface area contributed by atoms with Crippen LogP contribution in [0.25, 0.3) is 0 Å². The van der Waals surface area contributed by atoms with Crippen molar-refractivity contribution in [1.82, 2.24) is 0 Å². The monoisotopic (exact) mass is 248 g/mol. The maximum Gasteiger partial charge on any atom is 0.109 e.